The molecular formula is C20H27NO2. The molecule has 2 rings (SSSR count). The van der Waals surface area contributed by atoms with E-state index in [1.807, 2.05) is 18.2 Å². The zero-order chi connectivity index (χ0) is 16.9. The molecule has 0 saturated heterocycles. The molecule has 2 aromatic rings. The van der Waals surface area contributed by atoms with Crippen LogP contribution in [0.5, 0.6) is 11.5 Å². The van der Waals surface area contributed by atoms with Crippen LogP contribution >= 0.6 is 0 Å². The molecular weight excluding hydrogens is 286 g/mol. The molecule has 0 aliphatic carbocycles. The van der Waals surface area contributed by atoms with Crippen LogP contribution in [0.4, 0.5) is 0 Å². The van der Waals surface area contributed by atoms with Gasteiger partial charge in [0.25, 0.3) is 0 Å². The van der Waals surface area contributed by atoms with E-state index in [-0.39, 0.29) is 5.54 Å². The summed E-state index contributed by atoms with van der Waals surface area (Å²) in [6.07, 6.45) is 0. The van der Waals surface area contributed by atoms with E-state index in [2.05, 4.69) is 57.3 Å². The smallest absolute Gasteiger partial charge is 0.161 e. The quantitative estimate of drug-likeness (QED) is 0.853. The number of hydrogen-bond acceptors (Lipinski definition) is 3. The van der Waals surface area contributed by atoms with Crippen molar-refractivity contribution in [3.8, 4) is 11.5 Å². The second-order valence-electron chi connectivity index (χ2n) is 6.87. The first kappa shape index (κ1) is 17.4. The lowest BCUT2D eigenvalue weighted by molar-refractivity contribution is 0.284. The maximum absolute atomic E-state index is 5.92. The first-order valence-corrected chi connectivity index (χ1v) is 7.98. The van der Waals surface area contributed by atoms with Crippen molar-refractivity contribution in [2.24, 2.45) is 0 Å². The van der Waals surface area contributed by atoms with Crippen LogP contribution in [0, 0.1) is 6.92 Å². The summed E-state index contributed by atoms with van der Waals surface area (Å²) in [6.45, 7) is 9.90. The van der Waals surface area contributed by atoms with Gasteiger partial charge in [-0.3, -0.25) is 0 Å². The molecule has 0 radical (unpaired) electrons. The Morgan fingerprint density at radius 2 is 1.74 bits per heavy atom. The van der Waals surface area contributed by atoms with Gasteiger partial charge in [-0.25, -0.2) is 0 Å². The minimum absolute atomic E-state index is 0.0908. The molecule has 0 saturated carbocycles. The van der Waals surface area contributed by atoms with Gasteiger partial charge in [0, 0.05) is 12.1 Å². The fourth-order valence-corrected chi connectivity index (χ4v) is 2.27. The summed E-state index contributed by atoms with van der Waals surface area (Å²) in [5.41, 5.74) is 3.67. The normalized spacial score (nSPS) is 11.3. The van der Waals surface area contributed by atoms with Gasteiger partial charge in [0.2, 0.25) is 0 Å². The molecule has 124 valence electrons. The molecule has 3 heteroatoms. The van der Waals surface area contributed by atoms with Crippen LogP contribution in [0.15, 0.2) is 42.5 Å². The van der Waals surface area contributed by atoms with Crippen LogP contribution in [-0.2, 0) is 13.2 Å². The Balaban J connectivity index is 2.04. The van der Waals surface area contributed by atoms with E-state index < -0.39 is 0 Å². The molecule has 0 aliphatic rings. The van der Waals surface area contributed by atoms with Crippen molar-refractivity contribution in [2.45, 2.75) is 46.4 Å². The highest BCUT2D eigenvalue weighted by atomic mass is 16.5. The molecule has 3 nitrogen and oxygen atoms in total. The molecule has 0 unspecified atom stereocenters. The van der Waals surface area contributed by atoms with Gasteiger partial charge in [0.05, 0.1) is 7.11 Å². The Morgan fingerprint density at radius 1 is 0.957 bits per heavy atom. The summed E-state index contributed by atoms with van der Waals surface area (Å²) in [4.78, 5) is 0. The summed E-state index contributed by atoms with van der Waals surface area (Å²) in [5, 5.41) is 3.48. The Hall–Kier alpha value is -2.00. The van der Waals surface area contributed by atoms with E-state index in [1.165, 1.54) is 11.1 Å². The lowest BCUT2D eigenvalue weighted by Crippen LogP contribution is -2.35. The van der Waals surface area contributed by atoms with Crippen LogP contribution in [-0.4, -0.2) is 12.6 Å². The monoisotopic (exact) mass is 313 g/mol. The van der Waals surface area contributed by atoms with Gasteiger partial charge < -0.3 is 14.8 Å². The Labute approximate surface area is 139 Å². The number of hydrogen-bond donors (Lipinski definition) is 1. The molecule has 2 aromatic carbocycles. The molecule has 0 bridgehead atoms. The highest BCUT2D eigenvalue weighted by Gasteiger charge is 2.10. The minimum Gasteiger partial charge on any atom is -0.493 e. The third-order valence-electron chi connectivity index (χ3n) is 3.53. The molecule has 0 aliphatic heterocycles. The van der Waals surface area contributed by atoms with Gasteiger partial charge in [0.1, 0.15) is 6.61 Å². The molecule has 1 N–H and O–H groups in total. The van der Waals surface area contributed by atoms with E-state index in [9.17, 15) is 0 Å². The third kappa shape index (κ3) is 5.61. The number of benzene rings is 2. The summed E-state index contributed by atoms with van der Waals surface area (Å²) in [7, 11) is 1.68. The fourth-order valence-electron chi connectivity index (χ4n) is 2.27. The molecule has 0 amide bonds. The topological polar surface area (TPSA) is 30.5 Å². The number of nitrogens with one attached hydrogen (secondary N) is 1. The number of methoxy groups -OCH3 is 1. The molecule has 0 spiro atoms. The maximum Gasteiger partial charge on any atom is 0.161 e. The van der Waals surface area contributed by atoms with E-state index in [0.717, 1.165) is 23.6 Å². The molecule has 23 heavy (non-hydrogen) atoms. The van der Waals surface area contributed by atoms with Gasteiger partial charge in [-0.05, 0) is 51.0 Å². The van der Waals surface area contributed by atoms with Crippen molar-refractivity contribution >= 4 is 0 Å². The van der Waals surface area contributed by atoms with Gasteiger partial charge in [0.15, 0.2) is 11.5 Å². The van der Waals surface area contributed by atoms with E-state index >= 15 is 0 Å². The predicted octanol–water partition coefficient (Wildman–Crippen LogP) is 4.47. The first-order chi connectivity index (χ1) is 10.9. The highest BCUT2D eigenvalue weighted by molar-refractivity contribution is 5.43. The lowest BCUT2D eigenvalue weighted by Gasteiger charge is -2.21. The standard InChI is InChI=1S/C20H27NO2/c1-15-7-6-8-17(11-15)14-23-18-10-9-16(12-19(18)22-5)13-21-20(2,3)4/h6-12,21H,13-14H2,1-5H3. The van der Waals surface area contributed by atoms with E-state index in [1.54, 1.807) is 7.11 Å². The summed E-state index contributed by atoms with van der Waals surface area (Å²) < 4.78 is 11.4. The molecule has 0 aromatic heterocycles. The maximum atomic E-state index is 5.92. The third-order valence-corrected chi connectivity index (χ3v) is 3.53. The van der Waals surface area contributed by atoms with Crippen molar-refractivity contribution < 1.29 is 9.47 Å². The lowest BCUT2D eigenvalue weighted by atomic mass is 10.1. The molecule has 0 fully saturated rings. The van der Waals surface area contributed by atoms with E-state index in [4.69, 9.17) is 9.47 Å². The van der Waals surface area contributed by atoms with Gasteiger partial charge in [-0.15, -0.1) is 0 Å². The first-order valence-electron chi connectivity index (χ1n) is 7.98. The minimum atomic E-state index is 0.0908. The number of aryl methyl sites for hydroxylation is 1. The van der Waals surface area contributed by atoms with Crippen LogP contribution in [0.3, 0.4) is 0 Å². The largest absolute Gasteiger partial charge is 0.493 e. The van der Waals surface area contributed by atoms with Crippen molar-refractivity contribution in [2.75, 3.05) is 7.11 Å². The second-order valence-corrected chi connectivity index (χ2v) is 6.87. The predicted molar refractivity (Wildman–Crippen MR) is 95.1 cm³/mol. The van der Waals surface area contributed by atoms with Crippen LogP contribution in [0.1, 0.15) is 37.5 Å². The van der Waals surface area contributed by atoms with Crippen LogP contribution < -0.4 is 14.8 Å². The number of ether oxygens (including phenoxy) is 2. The molecule has 0 heterocycles. The van der Waals surface area contributed by atoms with Crippen molar-refractivity contribution in [3.05, 3.63) is 59.2 Å². The molecule has 0 atom stereocenters. The summed E-state index contributed by atoms with van der Waals surface area (Å²) in [6, 6.07) is 14.4. The van der Waals surface area contributed by atoms with Gasteiger partial charge >= 0.3 is 0 Å². The SMILES string of the molecule is COc1cc(CNC(C)(C)C)ccc1OCc1cccc(C)c1. The Kier molecular flexibility index (Phi) is 5.67. The second kappa shape index (κ2) is 7.51. The zero-order valence-electron chi connectivity index (χ0n) is 14.8. The van der Waals surface area contributed by atoms with E-state index in [0.29, 0.717) is 6.61 Å². The van der Waals surface area contributed by atoms with Crippen LogP contribution in [0.25, 0.3) is 0 Å². The zero-order valence-corrected chi connectivity index (χ0v) is 14.8. The highest BCUT2D eigenvalue weighted by Crippen LogP contribution is 2.29. The Bertz CT molecular complexity index is 644. The fraction of sp³-hybridized carbons (Fsp3) is 0.400. The van der Waals surface area contributed by atoms with Crippen LogP contribution in [0.2, 0.25) is 0 Å². The average molecular weight is 313 g/mol. The van der Waals surface area contributed by atoms with Crippen molar-refractivity contribution in [1.29, 1.82) is 0 Å². The van der Waals surface area contributed by atoms with Crippen molar-refractivity contribution in [1.82, 2.24) is 5.32 Å². The summed E-state index contributed by atoms with van der Waals surface area (Å²) in [5.74, 6) is 1.54. The Morgan fingerprint density at radius 3 is 2.39 bits per heavy atom. The van der Waals surface area contributed by atoms with Gasteiger partial charge in [-0.2, -0.15) is 0 Å². The summed E-state index contributed by atoms with van der Waals surface area (Å²) >= 11 is 0. The average Bonchev–Trinajstić information content (AvgIpc) is 2.50. The number of rotatable bonds is 6. The van der Waals surface area contributed by atoms with Gasteiger partial charge in [-0.1, -0.05) is 35.9 Å². The van der Waals surface area contributed by atoms with Crippen molar-refractivity contribution in [3.63, 3.8) is 0 Å².